The highest BCUT2D eigenvalue weighted by Crippen LogP contribution is 2.28. The van der Waals surface area contributed by atoms with Crippen LogP contribution in [0.2, 0.25) is 0 Å². The van der Waals surface area contributed by atoms with Gasteiger partial charge in [-0.3, -0.25) is 9.36 Å². The Bertz CT molecular complexity index is 719. The maximum atomic E-state index is 12.6. The van der Waals surface area contributed by atoms with Crippen LogP contribution < -0.4 is 10.6 Å². The van der Waals surface area contributed by atoms with Crippen LogP contribution in [0.4, 0.5) is 18.9 Å². The summed E-state index contributed by atoms with van der Waals surface area (Å²) in [6.07, 6.45) is -2.15. The van der Waals surface area contributed by atoms with Crippen LogP contribution in [0.3, 0.4) is 0 Å². The van der Waals surface area contributed by atoms with Crippen molar-refractivity contribution < 1.29 is 13.2 Å². The molecule has 6 nitrogen and oxygen atoms in total. The zero-order chi connectivity index (χ0) is 17.9. The number of rotatable bonds is 5. The van der Waals surface area contributed by atoms with Gasteiger partial charge in [-0.2, -0.15) is 23.4 Å². The summed E-state index contributed by atoms with van der Waals surface area (Å²) < 4.78 is 40.9. The van der Waals surface area contributed by atoms with Crippen molar-refractivity contribution >= 4 is 23.0 Å². The fourth-order valence-corrected chi connectivity index (χ4v) is 2.31. The molecule has 132 valence electrons. The van der Waals surface area contributed by atoms with Crippen LogP contribution >= 0.6 is 12.2 Å². The normalized spacial score (nSPS) is 11.6. The minimum Gasteiger partial charge on any atom is -0.362 e. The van der Waals surface area contributed by atoms with Crippen LogP contribution in [0.25, 0.3) is 0 Å². The van der Waals surface area contributed by atoms with Gasteiger partial charge in [0.1, 0.15) is 0 Å². The van der Waals surface area contributed by atoms with Crippen molar-refractivity contribution in [2.24, 2.45) is 7.05 Å². The van der Waals surface area contributed by atoms with Crippen LogP contribution in [0.15, 0.2) is 12.3 Å². The lowest BCUT2D eigenvalue weighted by molar-refractivity contribution is -0.141. The topological polar surface area (TPSA) is 59.7 Å². The zero-order valence-electron chi connectivity index (χ0n) is 13.6. The zero-order valence-corrected chi connectivity index (χ0v) is 14.4. The lowest BCUT2D eigenvalue weighted by Crippen LogP contribution is -2.30. The van der Waals surface area contributed by atoms with E-state index in [2.05, 4.69) is 20.8 Å². The average Bonchev–Trinajstić information content (AvgIpc) is 3.01. The average molecular weight is 360 g/mol. The molecule has 0 aliphatic heterocycles. The van der Waals surface area contributed by atoms with Gasteiger partial charge in [0.25, 0.3) is 0 Å². The fourth-order valence-electron chi connectivity index (χ4n) is 2.09. The Labute approximate surface area is 143 Å². The molecule has 10 heteroatoms. The Balaban J connectivity index is 1.78. The van der Waals surface area contributed by atoms with Crippen molar-refractivity contribution in [2.45, 2.75) is 33.0 Å². The van der Waals surface area contributed by atoms with Crippen molar-refractivity contribution in [2.75, 3.05) is 11.9 Å². The molecule has 0 aliphatic rings. The van der Waals surface area contributed by atoms with Crippen LogP contribution in [-0.4, -0.2) is 31.2 Å². The molecule has 0 unspecified atom stereocenters. The SMILES string of the molecule is Cc1c(NC(=S)NCCCn2nc(C(F)(F)F)cc2C)cnn1C. The van der Waals surface area contributed by atoms with E-state index in [1.807, 2.05) is 14.0 Å². The second-order valence-electron chi connectivity index (χ2n) is 5.39. The highest BCUT2D eigenvalue weighted by atomic mass is 32.1. The van der Waals surface area contributed by atoms with Crippen molar-refractivity contribution in [1.82, 2.24) is 24.9 Å². The number of halogens is 3. The minimum absolute atomic E-state index is 0.378. The van der Waals surface area contributed by atoms with E-state index in [-0.39, 0.29) is 0 Å². The van der Waals surface area contributed by atoms with Gasteiger partial charge in [-0.15, -0.1) is 0 Å². The first kappa shape index (κ1) is 18.2. The number of hydrogen-bond acceptors (Lipinski definition) is 3. The van der Waals surface area contributed by atoms with Gasteiger partial charge < -0.3 is 10.6 Å². The summed E-state index contributed by atoms with van der Waals surface area (Å²) in [5, 5.41) is 14.2. The molecule has 0 atom stereocenters. The summed E-state index contributed by atoms with van der Waals surface area (Å²) in [6, 6.07) is 1.05. The molecule has 2 rings (SSSR count). The van der Waals surface area contributed by atoms with Gasteiger partial charge >= 0.3 is 6.18 Å². The lowest BCUT2D eigenvalue weighted by atomic mass is 10.3. The van der Waals surface area contributed by atoms with Gasteiger partial charge in [0.05, 0.1) is 17.6 Å². The van der Waals surface area contributed by atoms with Gasteiger partial charge in [0.15, 0.2) is 10.8 Å². The quantitative estimate of drug-likeness (QED) is 0.634. The van der Waals surface area contributed by atoms with Crippen molar-refractivity contribution in [1.29, 1.82) is 0 Å². The predicted molar refractivity (Wildman–Crippen MR) is 88.8 cm³/mol. The molecule has 2 aromatic heterocycles. The molecular weight excluding hydrogens is 341 g/mol. The molecule has 24 heavy (non-hydrogen) atoms. The fraction of sp³-hybridized carbons (Fsp3) is 0.500. The summed E-state index contributed by atoms with van der Waals surface area (Å²) in [5.41, 5.74) is 1.38. The Morgan fingerprint density at radius 2 is 2.04 bits per heavy atom. The van der Waals surface area contributed by atoms with Crippen molar-refractivity contribution in [3.8, 4) is 0 Å². The molecule has 0 aliphatic carbocycles. The molecule has 0 radical (unpaired) electrons. The summed E-state index contributed by atoms with van der Waals surface area (Å²) in [4.78, 5) is 0. The second kappa shape index (κ2) is 7.20. The number of aryl methyl sites for hydroxylation is 3. The summed E-state index contributed by atoms with van der Waals surface area (Å²) in [7, 11) is 1.83. The van der Waals surface area contributed by atoms with Crippen molar-refractivity contribution in [3.63, 3.8) is 0 Å². The maximum Gasteiger partial charge on any atom is 0.435 e. The van der Waals surface area contributed by atoms with Crippen molar-refractivity contribution in [3.05, 3.63) is 29.3 Å². The van der Waals surface area contributed by atoms with Gasteiger partial charge in [0.2, 0.25) is 0 Å². The molecule has 0 spiro atoms. The number of anilines is 1. The molecule has 0 saturated heterocycles. The number of aromatic nitrogens is 4. The van der Waals surface area contributed by atoms with E-state index < -0.39 is 11.9 Å². The molecule has 2 N–H and O–H groups in total. The van der Waals surface area contributed by atoms with Crippen LogP contribution in [0, 0.1) is 13.8 Å². The predicted octanol–water partition coefficient (Wildman–Crippen LogP) is 2.63. The Kier molecular flexibility index (Phi) is 5.47. The number of alkyl halides is 3. The van der Waals surface area contributed by atoms with E-state index in [0.717, 1.165) is 17.4 Å². The van der Waals surface area contributed by atoms with E-state index in [4.69, 9.17) is 12.2 Å². The molecule has 2 aromatic rings. The summed E-state index contributed by atoms with van der Waals surface area (Å²) in [5.74, 6) is 0. The number of nitrogens with zero attached hydrogens (tertiary/aromatic N) is 4. The Hall–Kier alpha value is -2.10. The molecular formula is C14H19F3N6S. The molecule has 0 amide bonds. The van der Waals surface area contributed by atoms with E-state index >= 15 is 0 Å². The molecule has 0 aromatic carbocycles. The molecule has 0 fully saturated rings. The smallest absolute Gasteiger partial charge is 0.362 e. The van der Waals surface area contributed by atoms with E-state index in [0.29, 0.717) is 30.3 Å². The Morgan fingerprint density at radius 3 is 2.58 bits per heavy atom. The first-order valence-electron chi connectivity index (χ1n) is 7.33. The van der Waals surface area contributed by atoms with Gasteiger partial charge in [0, 0.05) is 25.8 Å². The third-order valence-corrected chi connectivity index (χ3v) is 3.83. The van der Waals surface area contributed by atoms with Crippen LogP contribution in [0.5, 0.6) is 0 Å². The third kappa shape index (κ3) is 4.47. The molecule has 0 saturated carbocycles. The summed E-state index contributed by atoms with van der Waals surface area (Å²) in [6.45, 7) is 4.42. The lowest BCUT2D eigenvalue weighted by Gasteiger charge is -2.10. The van der Waals surface area contributed by atoms with Gasteiger partial charge in [-0.25, -0.2) is 0 Å². The Morgan fingerprint density at radius 1 is 1.33 bits per heavy atom. The minimum atomic E-state index is -4.42. The van der Waals surface area contributed by atoms with E-state index in [1.165, 1.54) is 4.68 Å². The highest BCUT2D eigenvalue weighted by Gasteiger charge is 2.34. The summed E-state index contributed by atoms with van der Waals surface area (Å²) >= 11 is 5.18. The van der Waals surface area contributed by atoms with Gasteiger partial charge in [-0.05, 0) is 38.6 Å². The van der Waals surface area contributed by atoms with Crippen LogP contribution in [0.1, 0.15) is 23.5 Å². The molecule has 2 heterocycles. The second-order valence-corrected chi connectivity index (χ2v) is 5.80. The number of thiocarbonyl (C=S) groups is 1. The number of nitrogens with one attached hydrogen (secondary N) is 2. The van der Waals surface area contributed by atoms with Crippen LogP contribution in [-0.2, 0) is 19.8 Å². The van der Waals surface area contributed by atoms with Gasteiger partial charge in [-0.1, -0.05) is 0 Å². The standard InChI is InChI=1S/C14H19F3N6S/c1-9-7-12(14(15,16)17)21-23(9)6-4-5-18-13(24)20-11-8-19-22(3)10(11)2/h7-8H,4-6H2,1-3H3,(H2,18,20,24). The highest BCUT2D eigenvalue weighted by molar-refractivity contribution is 7.80. The molecule has 0 bridgehead atoms. The van der Waals surface area contributed by atoms with E-state index in [1.54, 1.807) is 17.8 Å². The monoisotopic (exact) mass is 360 g/mol. The maximum absolute atomic E-state index is 12.6. The third-order valence-electron chi connectivity index (χ3n) is 3.59. The number of hydrogen-bond donors (Lipinski definition) is 2. The van der Waals surface area contributed by atoms with E-state index in [9.17, 15) is 13.2 Å². The first-order chi connectivity index (χ1) is 11.2. The largest absolute Gasteiger partial charge is 0.435 e. The first-order valence-corrected chi connectivity index (χ1v) is 7.74.